The molecule has 0 unspecified atom stereocenters. The molecular formula is C18H15NO3S. The summed E-state index contributed by atoms with van der Waals surface area (Å²) in [5.74, 6) is 0.663. The van der Waals surface area contributed by atoms with E-state index in [1.54, 1.807) is 18.2 Å². The van der Waals surface area contributed by atoms with Crippen molar-refractivity contribution in [3.63, 3.8) is 0 Å². The largest absolute Gasteiger partial charge is 0.483 e. The van der Waals surface area contributed by atoms with Crippen molar-refractivity contribution in [2.24, 2.45) is 0 Å². The number of hydrogen-bond donors (Lipinski definition) is 0. The number of rotatable bonds is 2. The van der Waals surface area contributed by atoms with Crippen molar-refractivity contribution in [1.29, 1.82) is 5.26 Å². The summed E-state index contributed by atoms with van der Waals surface area (Å²) in [5, 5.41) is 8.80. The molecule has 1 heterocycles. The molecule has 0 radical (unpaired) electrons. The quantitative estimate of drug-likeness (QED) is 0.846. The van der Waals surface area contributed by atoms with E-state index < -0.39 is 15.4 Å². The van der Waals surface area contributed by atoms with Gasteiger partial charge in [-0.05, 0) is 62.4 Å². The predicted molar refractivity (Wildman–Crippen MR) is 86.8 cm³/mol. The van der Waals surface area contributed by atoms with Crippen molar-refractivity contribution in [1.82, 2.24) is 0 Å². The van der Waals surface area contributed by atoms with Gasteiger partial charge in [0.25, 0.3) is 0 Å². The molecule has 0 saturated carbocycles. The summed E-state index contributed by atoms with van der Waals surface area (Å²) < 4.78 is 31.2. The highest BCUT2D eigenvalue weighted by Gasteiger charge is 2.24. The van der Waals surface area contributed by atoms with Crippen LogP contribution in [0.3, 0.4) is 0 Å². The first-order valence-electron chi connectivity index (χ1n) is 7.09. The molecule has 0 aliphatic carbocycles. The third-order valence-corrected chi connectivity index (χ3v) is 5.39. The van der Waals surface area contributed by atoms with Gasteiger partial charge in [-0.1, -0.05) is 6.08 Å². The molecule has 0 saturated heterocycles. The fourth-order valence-corrected chi connectivity index (χ4v) is 3.67. The molecule has 0 spiro atoms. The number of nitriles is 1. The van der Waals surface area contributed by atoms with E-state index in [0.29, 0.717) is 11.3 Å². The van der Waals surface area contributed by atoms with Gasteiger partial charge in [0, 0.05) is 5.56 Å². The van der Waals surface area contributed by atoms with Crippen LogP contribution in [0.25, 0.3) is 6.08 Å². The van der Waals surface area contributed by atoms with Gasteiger partial charge in [-0.3, -0.25) is 0 Å². The van der Waals surface area contributed by atoms with Crippen LogP contribution in [0, 0.1) is 11.3 Å². The van der Waals surface area contributed by atoms with Crippen molar-refractivity contribution in [3.8, 4) is 11.8 Å². The zero-order chi connectivity index (χ0) is 16.7. The SMILES string of the molecule is CC1(C)C=Cc2cc(S(=O)(=O)c3ccc(C#N)cc3)ccc2O1. The van der Waals surface area contributed by atoms with E-state index in [0.717, 1.165) is 5.56 Å². The normalized spacial score (nSPS) is 15.3. The summed E-state index contributed by atoms with van der Waals surface area (Å²) in [5.41, 5.74) is 0.757. The molecule has 23 heavy (non-hydrogen) atoms. The predicted octanol–water partition coefficient (Wildman–Crippen LogP) is 3.58. The number of ether oxygens (including phenoxy) is 1. The van der Waals surface area contributed by atoms with Crippen LogP contribution in [0.5, 0.6) is 5.75 Å². The smallest absolute Gasteiger partial charge is 0.206 e. The third kappa shape index (κ3) is 2.86. The van der Waals surface area contributed by atoms with E-state index in [1.165, 1.54) is 24.3 Å². The van der Waals surface area contributed by atoms with Crippen LogP contribution in [0.2, 0.25) is 0 Å². The molecule has 2 aromatic carbocycles. The van der Waals surface area contributed by atoms with E-state index in [4.69, 9.17) is 10.00 Å². The van der Waals surface area contributed by atoms with Crippen LogP contribution in [-0.2, 0) is 9.84 Å². The molecule has 116 valence electrons. The fourth-order valence-electron chi connectivity index (χ4n) is 2.37. The highest BCUT2D eigenvalue weighted by Crippen LogP contribution is 2.33. The Bertz CT molecular complexity index is 933. The maximum Gasteiger partial charge on any atom is 0.206 e. The molecule has 0 N–H and O–H groups in total. The Morgan fingerprint density at radius 2 is 1.70 bits per heavy atom. The first-order valence-corrected chi connectivity index (χ1v) is 8.58. The second kappa shape index (κ2) is 5.25. The first-order chi connectivity index (χ1) is 10.8. The Morgan fingerprint density at radius 1 is 1.04 bits per heavy atom. The van der Waals surface area contributed by atoms with Crippen molar-refractivity contribution in [3.05, 3.63) is 59.7 Å². The average Bonchev–Trinajstić information content (AvgIpc) is 2.53. The molecule has 0 fully saturated rings. The molecular weight excluding hydrogens is 310 g/mol. The minimum atomic E-state index is -3.63. The van der Waals surface area contributed by atoms with Gasteiger partial charge in [0.15, 0.2) is 0 Å². The Labute approximate surface area is 135 Å². The average molecular weight is 325 g/mol. The third-order valence-electron chi connectivity index (χ3n) is 3.62. The first kappa shape index (κ1) is 15.3. The Balaban J connectivity index is 2.03. The van der Waals surface area contributed by atoms with Gasteiger partial charge in [-0.15, -0.1) is 0 Å². The van der Waals surface area contributed by atoms with Gasteiger partial charge >= 0.3 is 0 Å². The van der Waals surface area contributed by atoms with E-state index in [2.05, 4.69) is 0 Å². The highest BCUT2D eigenvalue weighted by molar-refractivity contribution is 7.91. The van der Waals surface area contributed by atoms with Crippen molar-refractivity contribution in [2.75, 3.05) is 0 Å². The lowest BCUT2D eigenvalue weighted by atomic mass is 10.0. The van der Waals surface area contributed by atoms with E-state index in [-0.39, 0.29) is 9.79 Å². The molecule has 3 rings (SSSR count). The zero-order valence-electron chi connectivity index (χ0n) is 12.8. The van der Waals surface area contributed by atoms with Gasteiger partial charge in [-0.25, -0.2) is 8.42 Å². The Morgan fingerprint density at radius 3 is 2.35 bits per heavy atom. The molecule has 0 atom stereocenters. The molecule has 1 aliphatic rings. The number of sulfone groups is 1. The lowest BCUT2D eigenvalue weighted by molar-refractivity contribution is 0.159. The molecule has 0 bridgehead atoms. The van der Waals surface area contributed by atoms with Crippen molar-refractivity contribution < 1.29 is 13.2 Å². The Hall–Kier alpha value is -2.58. The Kier molecular flexibility index (Phi) is 3.50. The lowest BCUT2D eigenvalue weighted by Crippen LogP contribution is -2.27. The van der Waals surface area contributed by atoms with Crippen LogP contribution >= 0.6 is 0 Å². The summed E-state index contributed by atoms with van der Waals surface area (Å²) >= 11 is 0. The molecule has 2 aromatic rings. The maximum atomic E-state index is 12.7. The summed E-state index contributed by atoms with van der Waals surface area (Å²) in [7, 11) is -3.63. The molecule has 1 aliphatic heterocycles. The van der Waals surface area contributed by atoms with Crippen molar-refractivity contribution in [2.45, 2.75) is 29.2 Å². The topological polar surface area (TPSA) is 67.2 Å². The van der Waals surface area contributed by atoms with Gasteiger partial charge in [0.2, 0.25) is 9.84 Å². The standard InChI is InChI=1S/C18H15NO3S/c1-18(2)10-9-14-11-16(7-8-17(14)22-18)23(20,21)15-5-3-13(12-19)4-6-15/h3-11H,1-2H3. The summed E-state index contributed by atoms with van der Waals surface area (Å²) in [4.78, 5) is 0.367. The number of benzene rings is 2. The number of fused-ring (bicyclic) bond motifs is 1. The van der Waals surface area contributed by atoms with Gasteiger partial charge in [0.05, 0.1) is 21.4 Å². The van der Waals surface area contributed by atoms with Crippen LogP contribution < -0.4 is 4.74 Å². The van der Waals surface area contributed by atoms with Gasteiger partial charge in [-0.2, -0.15) is 5.26 Å². The molecule has 5 heteroatoms. The van der Waals surface area contributed by atoms with Gasteiger partial charge in [0.1, 0.15) is 11.4 Å². The molecule has 4 nitrogen and oxygen atoms in total. The zero-order valence-corrected chi connectivity index (χ0v) is 13.6. The maximum absolute atomic E-state index is 12.7. The minimum Gasteiger partial charge on any atom is -0.483 e. The monoisotopic (exact) mass is 325 g/mol. The number of hydrogen-bond acceptors (Lipinski definition) is 4. The van der Waals surface area contributed by atoms with E-state index in [1.807, 2.05) is 32.1 Å². The van der Waals surface area contributed by atoms with Crippen LogP contribution in [0.4, 0.5) is 0 Å². The molecule has 0 aromatic heterocycles. The van der Waals surface area contributed by atoms with Crippen LogP contribution in [0.1, 0.15) is 25.0 Å². The minimum absolute atomic E-state index is 0.164. The number of nitrogens with zero attached hydrogens (tertiary/aromatic N) is 1. The summed E-state index contributed by atoms with van der Waals surface area (Å²) in [6.45, 7) is 3.88. The van der Waals surface area contributed by atoms with Crippen LogP contribution in [0.15, 0.2) is 58.3 Å². The van der Waals surface area contributed by atoms with E-state index >= 15 is 0 Å². The van der Waals surface area contributed by atoms with Crippen molar-refractivity contribution >= 4 is 15.9 Å². The summed E-state index contributed by atoms with van der Waals surface area (Å²) in [6, 6.07) is 12.7. The molecule has 0 amide bonds. The van der Waals surface area contributed by atoms with Gasteiger partial charge < -0.3 is 4.74 Å². The summed E-state index contributed by atoms with van der Waals surface area (Å²) in [6.07, 6.45) is 3.77. The fraction of sp³-hybridized carbons (Fsp3) is 0.167. The highest BCUT2D eigenvalue weighted by atomic mass is 32.2. The lowest BCUT2D eigenvalue weighted by Gasteiger charge is -2.28. The second-order valence-electron chi connectivity index (χ2n) is 5.88. The second-order valence-corrected chi connectivity index (χ2v) is 7.83. The van der Waals surface area contributed by atoms with E-state index in [9.17, 15) is 8.42 Å². The van der Waals surface area contributed by atoms with Crippen LogP contribution in [-0.4, -0.2) is 14.0 Å².